The minimum absolute atomic E-state index is 0.107. The summed E-state index contributed by atoms with van der Waals surface area (Å²) in [4.78, 5) is 0. The highest BCUT2D eigenvalue weighted by molar-refractivity contribution is 5.29. The van der Waals surface area contributed by atoms with Crippen LogP contribution in [0.1, 0.15) is 50.3 Å². The van der Waals surface area contributed by atoms with Gasteiger partial charge in [0.15, 0.2) is 0 Å². The van der Waals surface area contributed by atoms with Crippen molar-refractivity contribution >= 4 is 0 Å². The normalized spacial score (nSPS) is 19.1. The fraction of sp³-hybridized carbons (Fsp3) is 0.600. The number of benzene rings is 1. The zero-order valence-electron chi connectivity index (χ0n) is 11.0. The molecule has 1 aromatic rings. The topological polar surface area (TPSA) is 12.0 Å². The maximum Gasteiger partial charge on any atom is 0.126 e. The average Bonchev–Trinajstić information content (AvgIpc) is 3.03. The molecule has 0 aromatic heterocycles. The fourth-order valence-corrected chi connectivity index (χ4v) is 2.39. The Labute approximate surface area is 103 Å². The molecule has 1 aliphatic carbocycles. The third kappa shape index (κ3) is 2.68. The maximum atomic E-state index is 13.3. The van der Waals surface area contributed by atoms with Crippen molar-refractivity contribution in [3.63, 3.8) is 0 Å². The monoisotopic (exact) mass is 235 g/mol. The molecule has 1 aromatic carbocycles. The van der Waals surface area contributed by atoms with E-state index in [2.05, 4.69) is 19.2 Å². The fourth-order valence-electron chi connectivity index (χ4n) is 2.39. The van der Waals surface area contributed by atoms with E-state index in [0.29, 0.717) is 11.5 Å². The Bertz CT molecular complexity index is 396. The Kier molecular flexibility index (Phi) is 3.53. The van der Waals surface area contributed by atoms with Gasteiger partial charge in [0.1, 0.15) is 5.82 Å². The van der Waals surface area contributed by atoms with E-state index in [1.54, 1.807) is 6.07 Å². The van der Waals surface area contributed by atoms with Crippen molar-refractivity contribution in [2.24, 2.45) is 5.41 Å². The highest BCUT2D eigenvalue weighted by Gasteiger charge is 2.45. The van der Waals surface area contributed by atoms with E-state index in [4.69, 9.17) is 0 Å². The van der Waals surface area contributed by atoms with Crippen LogP contribution in [0.2, 0.25) is 0 Å². The van der Waals surface area contributed by atoms with E-state index in [1.165, 1.54) is 18.4 Å². The molecule has 1 fully saturated rings. The van der Waals surface area contributed by atoms with Gasteiger partial charge in [0.05, 0.1) is 0 Å². The molecule has 1 N–H and O–H groups in total. The second kappa shape index (κ2) is 4.77. The molecule has 2 rings (SSSR count). The van der Waals surface area contributed by atoms with E-state index >= 15 is 0 Å². The summed E-state index contributed by atoms with van der Waals surface area (Å²) < 4.78 is 13.3. The minimum Gasteiger partial charge on any atom is -0.309 e. The first-order valence-electron chi connectivity index (χ1n) is 6.56. The summed E-state index contributed by atoms with van der Waals surface area (Å²) >= 11 is 0. The molecule has 0 amide bonds. The van der Waals surface area contributed by atoms with Gasteiger partial charge in [-0.3, -0.25) is 0 Å². The van der Waals surface area contributed by atoms with Crippen molar-refractivity contribution in [3.8, 4) is 0 Å². The molecule has 17 heavy (non-hydrogen) atoms. The first-order valence-corrected chi connectivity index (χ1v) is 6.56. The predicted molar refractivity (Wildman–Crippen MR) is 69.5 cm³/mol. The molecular weight excluding hydrogens is 213 g/mol. The van der Waals surface area contributed by atoms with Gasteiger partial charge in [-0.05, 0) is 55.3 Å². The van der Waals surface area contributed by atoms with Crippen molar-refractivity contribution in [2.75, 3.05) is 6.54 Å². The first kappa shape index (κ1) is 12.6. The Balaban J connectivity index is 2.22. The molecule has 1 nitrogen and oxygen atoms in total. The van der Waals surface area contributed by atoms with Crippen molar-refractivity contribution in [3.05, 3.63) is 35.1 Å². The first-order chi connectivity index (χ1) is 8.07. The van der Waals surface area contributed by atoms with Gasteiger partial charge in [0, 0.05) is 6.04 Å². The second-order valence-corrected chi connectivity index (χ2v) is 5.55. The lowest BCUT2D eigenvalue weighted by molar-refractivity contribution is 0.366. The number of nitrogens with one attached hydrogen (secondary N) is 1. The van der Waals surface area contributed by atoms with Crippen LogP contribution in [-0.2, 0) is 0 Å². The number of hydrogen-bond acceptors (Lipinski definition) is 1. The average molecular weight is 235 g/mol. The van der Waals surface area contributed by atoms with Crippen LogP contribution in [0.4, 0.5) is 4.39 Å². The standard InChI is InChI=1S/C15H22FN/c1-4-9-17-14(15(3)7-8-15)12-5-6-13(16)11(2)10-12/h5-6,10,14,17H,4,7-9H2,1-3H3. The smallest absolute Gasteiger partial charge is 0.126 e. The van der Waals surface area contributed by atoms with Gasteiger partial charge in [0.25, 0.3) is 0 Å². The van der Waals surface area contributed by atoms with E-state index in [-0.39, 0.29) is 5.82 Å². The predicted octanol–water partition coefficient (Wildman–Crippen LogP) is 3.97. The van der Waals surface area contributed by atoms with Crippen LogP contribution in [0.15, 0.2) is 18.2 Å². The molecule has 2 heteroatoms. The van der Waals surface area contributed by atoms with Crippen molar-refractivity contribution < 1.29 is 4.39 Å². The van der Waals surface area contributed by atoms with Gasteiger partial charge < -0.3 is 5.32 Å². The molecule has 0 bridgehead atoms. The largest absolute Gasteiger partial charge is 0.309 e. The second-order valence-electron chi connectivity index (χ2n) is 5.55. The maximum absolute atomic E-state index is 13.3. The highest BCUT2D eigenvalue weighted by Crippen LogP contribution is 2.54. The number of rotatable bonds is 5. The van der Waals surface area contributed by atoms with Crippen LogP contribution in [0.3, 0.4) is 0 Å². The van der Waals surface area contributed by atoms with Crippen molar-refractivity contribution in [1.29, 1.82) is 0 Å². The van der Waals surface area contributed by atoms with Gasteiger partial charge in [-0.2, -0.15) is 0 Å². The Morgan fingerprint density at radius 1 is 1.41 bits per heavy atom. The van der Waals surface area contributed by atoms with Gasteiger partial charge >= 0.3 is 0 Å². The van der Waals surface area contributed by atoms with E-state index in [0.717, 1.165) is 18.5 Å². The number of hydrogen-bond donors (Lipinski definition) is 1. The summed E-state index contributed by atoms with van der Waals surface area (Å²) in [7, 11) is 0. The molecule has 1 unspecified atom stereocenters. The lowest BCUT2D eigenvalue weighted by Crippen LogP contribution is -2.28. The SMILES string of the molecule is CCCNC(c1ccc(F)c(C)c1)C1(C)CC1. The van der Waals surface area contributed by atoms with Crippen LogP contribution < -0.4 is 5.32 Å². The minimum atomic E-state index is -0.107. The summed E-state index contributed by atoms with van der Waals surface area (Å²) in [5.41, 5.74) is 2.35. The molecule has 1 saturated carbocycles. The van der Waals surface area contributed by atoms with Crippen LogP contribution in [0.5, 0.6) is 0 Å². The Morgan fingerprint density at radius 3 is 2.65 bits per heavy atom. The summed E-state index contributed by atoms with van der Waals surface area (Å²) in [6, 6.07) is 5.89. The van der Waals surface area contributed by atoms with E-state index < -0.39 is 0 Å². The van der Waals surface area contributed by atoms with Gasteiger partial charge in [-0.15, -0.1) is 0 Å². The molecule has 0 radical (unpaired) electrons. The lowest BCUT2D eigenvalue weighted by atomic mass is 9.90. The Morgan fingerprint density at radius 2 is 2.12 bits per heavy atom. The highest BCUT2D eigenvalue weighted by atomic mass is 19.1. The van der Waals surface area contributed by atoms with E-state index in [1.807, 2.05) is 19.1 Å². The third-order valence-electron chi connectivity index (χ3n) is 3.85. The van der Waals surface area contributed by atoms with Gasteiger partial charge in [-0.25, -0.2) is 4.39 Å². The summed E-state index contributed by atoms with van der Waals surface area (Å²) in [5.74, 6) is -0.107. The van der Waals surface area contributed by atoms with Crippen LogP contribution >= 0.6 is 0 Å². The summed E-state index contributed by atoms with van der Waals surface area (Å²) in [6.45, 7) is 7.36. The van der Waals surface area contributed by atoms with Crippen LogP contribution in [0.25, 0.3) is 0 Å². The summed E-state index contributed by atoms with van der Waals surface area (Å²) in [6.07, 6.45) is 3.67. The van der Waals surface area contributed by atoms with Gasteiger partial charge in [-0.1, -0.05) is 26.0 Å². The zero-order chi connectivity index (χ0) is 12.5. The molecule has 0 heterocycles. The quantitative estimate of drug-likeness (QED) is 0.814. The molecule has 94 valence electrons. The van der Waals surface area contributed by atoms with Crippen LogP contribution in [-0.4, -0.2) is 6.54 Å². The summed E-state index contributed by atoms with van der Waals surface area (Å²) in [5, 5.41) is 3.61. The molecule has 1 aliphatic rings. The number of halogens is 1. The third-order valence-corrected chi connectivity index (χ3v) is 3.85. The van der Waals surface area contributed by atoms with Crippen LogP contribution in [0, 0.1) is 18.2 Å². The molecule has 0 spiro atoms. The molecular formula is C15H22FN. The van der Waals surface area contributed by atoms with Crippen molar-refractivity contribution in [1.82, 2.24) is 5.32 Å². The number of aryl methyl sites for hydroxylation is 1. The van der Waals surface area contributed by atoms with Crippen molar-refractivity contribution in [2.45, 2.75) is 46.1 Å². The molecule has 0 aliphatic heterocycles. The van der Waals surface area contributed by atoms with Gasteiger partial charge in [0.2, 0.25) is 0 Å². The zero-order valence-corrected chi connectivity index (χ0v) is 11.0. The molecule has 1 atom stereocenters. The molecule has 0 saturated heterocycles. The van der Waals surface area contributed by atoms with E-state index in [9.17, 15) is 4.39 Å². The Hall–Kier alpha value is -0.890. The lowest BCUT2D eigenvalue weighted by Gasteiger charge is -2.26.